The minimum Gasteiger partial charge on any atom is -0.354 e. The van der Waals surface area contributed by atoms with Crippen molar-refractivity contribution < 1.29 is 0 Å². The Hall–Kier alpha value is -2.13. The summed E-state index contributed by atoms with van der Waals surface area (Å²) in [6, 6.07) is 11.5. The zero-order valence-corrected chi connectivity index (χ0v) is 17.2. The molecule has 0 unspecified atom stereocenters. The van der Waals surface area contributed by atoms with Crippen LogP contribution in [0.2, 0.25) is 0 Å². The van der Waals surface area contributed by atoms with Gasteiger partial charge in [-0.25, -0.2) is 4.98 Å². The van der Waals surface area contributed by atoms with Gasteiger partial charge in [0.1, 0.15) is 5.01 Å². The first-order valence-electron chi connectivity index (χ1n) is 9.15. The van der Waals surface area contributed by atoms with Gasteiger partial charge in [-0.1, -0.05) is 47.6 Å². The number of thiazole rings is 1. The maximum atomic E-state index is 4.59. The number of nitrogens with one attached hydrogen (secondary N) is 1. The van der Waals surface area contributed by atoms with Crippen molar-refractivity contribution in [3.8, 4) is 10.6 Å². The number of fused-ring (bicyclic) bond motifs is 3. The molecular weight excluding hydrogens is 336 g/mol. The van der Waals surface area contributed by atoms with E-state index in [4.69, 9.17) is 0 Å². The van der Waals surface area contributed by atoms with Gasteiger partial charge in [-0.15, -0.1) is 11.3 Å². The number of nitrogens with zero attached hydrogens (tertiary/aromatic N) is 1. The Bertz CT molecular complexity index is 1090. The molecule has 2 aromatic carbocycles. The van der Waals surface area contributed by atoms with Crippen LogP contribution in [0.3, 0.4) is 0 Å². The zero-order valence-electron chi connectivity index (χ0n) is 16.4. The predicted molar refractivity (Wildman–Crippen MR) is 114 cm³/mol. The molecule has 0 bridgehead atoms. The van der Waals surface area contributed by atoms with Crippen LogP contribution in [0.4, 0.5) is 0 Å². The van der Waals surface area contributed by atoms with E-state index in [1.54, 1.807) is 11.3 Å². The van der Waals surface area contributed by atoms with Crippen LogP contribution in [0.25, 0.3) is 32.4 Å². The highest BCUT2D eigenvalue weighted by Gasteiger charge is 2.21. The van der Waals surface area contributed by atoms with Gasteiger partial charge in [0, 0.05) is 33.4 Å². The minimum atomic E-state index is 0.0887. The van der Waals surface area contributed by atoms with E-state index in [2.05, 4.69) is 81.8 Å². The van der Waals surface area contributed by atoms with Gasteiger partial charge in [-0.3, -0.25) is 0 Å². The summed E-state index contributed by atoms with van der Waals surface area (Å²) >= 11 is 1.70. The van der Waals surface area contributed by atoms with Gasteiger partial charge in [0.05, 0.1) is 5.52 Å². The van der Waals surface area contributed by atoms with E-state index in [-0.39, 0.29) is 10.8 Å². The van der Waals surface area contributed by atoms with Crippen LogP contribution in [-0.2, 0) is 10.8 Å². The molecule has 0 radical (unpaired) electrons. The number of hydrogen-bond donors (Lipinski definition) is 1. The molecule has 2 nitrogen and oxygen atoms in total. The molecule has 26 heavy (non-hydrogen) atoms. The van der Waals surface area contributed by atoms with Gasteiger partial charge in [0.15, 0.2) is 0 Å². The van der Waals surface area contributed by atoms with Crippen molar-refractivity contribution in [1.29, 1.82) is 0 Å². The number of H-pyrrole nitrogens is 1. The molecule has 0 aliphatic heterocycles. The van der Waals surface area contributed by atoms with Gasteiger partial charge >= 0.3 is 0 Å². The van der Waals surface area contributed by atoms with Gasteiger partial charge in [-0.05, 0) is 46.2 Å². The fourth-order valence-corrected chi connectivity index (χ4v) is 4.08. The molecule has 4 rings (SSSR count). The van der Waals surface area contributed by atoms with E-state index in [9.17, 15) is 0 Å². The minimum absolute atomic E-state index is 0.0887. The second-order valence-corrected chi connectivity index (χ2v) is 10.1. The molecule has 0 atom stereocenters. The second kappa shape index (κ2) is 5.68. The lowest BCUT2D eigenvalue weighted by molar-refractivity contribution is 0.590. The average Bonchev–Trinajstić information content (AvgIpc) is 3.19. The number of rotatable bonds is 1. The molecule has 4 aromatic rings. The number of hydrogen-bond acceptors (Lipinski definition) is 2. The molecule has 134 valence electrons. The van der Waals surface area contributed by atoms with E-state index in [1.807, 2.05) is 11.6 Å². The molecule has 0 aliphatic rings. The van der Waals surface area contributed by atoms with Gasteiger partial charge in [-0.2, -0.15) is 0 Å². The summed E-state index contributed by atoms with van der Waals surface area (Å²) in [6.07, 6.45) is 1.88. The van der Waals surface area contributed by atoms with Crippen LogP contribution in [0.5, 0.6) is 0 Å². The summed E-state index contributed by atoms with van der Waals surface area (Å²) in [4.78, 5) is 8.24. The summed E-state index contributed by atoms with van der Waals surface area (Å²) < 4.78 is 0. The zero-order chi connectivity index (χ0) is 18.7. The smallest absolute Gasteiger partial charge is 0.125 e. The fourth-order valence-electron chi connectivity index (χ4n) is 3.42. The molecule has 0 amide bonds. The topological polar surface area (TPSA) is 28.7 Å². The van der Waals surface area contributed by atoms with E-state index in [1.165, 1.54) is 38.5 Å². The third-order valence-electron chi connectivity index (χ3n) is 5.10. The quantitative estimate of drug-likeness (QED) is 0.386. The highest BCUT2D eigenvalue weighted by Crippen LogP contribution is 2.39. The van der Waals surface area contributed by atoms with Crippen molar-refractivity contribution in [1.82, 2.24) is 9.97 Å². The highest BCUT2D eigenvalue weighted by molar-refractivity contribution is 7.13. The SMILES string of the molecule is CC(C)(C)c1ccc2[nH]c3c(-c4nccs4)cc(C(C)(C)C)cc3c2c1. The summed E-state index contributed by atoms with van der Waals surface area (Å²) in [5.41, 5.74) is 6.52. The lowest BCUT2D eigenvalue weighted by Gasteiger charge is -2.20. The Kier molecular flexibility index (Phi) is 3.78. The lowest BCUT2D eigenvalue weighted by atomic mass is 9.84. The Morgan fingerprint density at radius 1 is 0.846 bits per heavy atom. The standard InChI is InChI=1S/C23H26N2S/c1-22(2,3)14-7-8-19-16(11-14)17-12-15(23(4,5)6)13-18(20(17)25-19)21-24-9-10-26-21/h7-13,25H,1-6H3. The molecule has 0 saturated carbocycles. The first-order valence-corrected chi connectivity index (χ1v) is 10.0. The van der Waals surface area contributed by atoms with Crippen molar-refractivity contribution >= 4 is 33.1 Å². The van der Waals surface area contributed by atoms with Crippen molar-refractivity contribution in [3.05, 3.63) is 53.0 Å². The fraction of sp³-hybridized carbons (Fsp3) is 0.348. The van der Waals surface area contributed by atoms with Gasteiger partial charge in [0.2, 0.25) is 0 Å². The Morgan fingerprint density at radius 3 is 2.15 bits per heavy atom. The predicted octanol–water partition coefficient (Wildman–Crippen LogP) is 7.04. The van der Waals surface area contributed by atoms with E-state index >= 15 is 0 Å². The normalized spacial score (nSPS) is 13.0. The molecule has 2 aromatic heterocycles. The Labute approximate surface area is 159 Å². The Morgan fingerprint density at radius 2 is 1.54 bits per heavy atom. The first-order chi connectivity index (χ1) is 12.1. The maximum Gasteiger partial charge on any atom is 0.125 e. The van der Waals surface area contributed by atoms with Crippen molar-refractivity contribution in [2.75, 3.05) is 0 Å². The van der Waals surface area contributed by atoms with Crippen molar-refractivity contribution in [2.24, 2.45) is 0 Å². The monoisotopic (exact) mass is 362 g/mol. The molecule has 0 aliphatic carbocycles. The highest BCUT2D eigenvalue weighted by atomic mass is 32.1. The van der Waals surface area contributed by atoms with Gasteiger partial charge in [0.25, 0.3) is 0 Å². The van der Waals surface area contributed by atoms with Crippen LogP contribution in [0.1, 0.15) is 52.7 Å². The number of benzene rings is 2. The van der Waals surface area contributed by atoms with Crippen LogP contribution in [-0.4, -0.2) is 9.97 Å². The molecule has 0 spiro atoms. The third-order valence-corrected chi connectivity index (χ3v) is 5.91. The average molecular weight is 363 g/mol. The van der Waals surface area contributed by atoms with Crippen molar-refractivity contribution in [2.45, 2.75) is 52.4 Å². The number of aromatic nitrogens is 2. The van der Waals surface area contributed by atoms with Gasteiger partial charge < -0.3 is 4.98 Å². The summed E-state index contributed by atoms with van der Waals surface area (Å²) in [5.74, 6) is 0. The van der Waals surface area contributed by atoms with E-state index < -0.39 is 0 Å². The van der Waals surface area contributed by atoms with Crippen molar-refractivity contribution in [3.63, 3.8) is 0 Å². The summed E-state index contributed by atoms with van der Waals surface area (Å²) in [7, 11) is 0. The van der Waals surface area contributed by atoms with E-state index in [0.29, 0.717) is 0 Å². The molecule has 2 heterocycles. The van der Waals surface area contributed by atoms with Crippen LogP contribution < -0.4 is 0 Å². The van der Waals surface area contributed by atoms with E-state index in [0.717, 1.165) is 5.01 Å². The largest absolute Gasteiger partial charge is 0.354 e. The summed E-state index contributed by atoms with van der Waals surface area (Å²) in [5, 5.41) is 5.72. The number of aromatic amines is 1. The third kappa shape index (κ3) is 2.84. The molecule has 0 fully saturated rings. The lowest BCUT2D eigenvalue weighted by Crippen LogP contribution is -2.11. The molecule has 0 saturated heterocycles. The molecule has 1 N–H and O–H groups in total. The summed E-state index contributed by atoms with van der Waals surface area (Å²) in [6.45, 7) is 13.6. The van der Waals surface area contributed by atoms with Crippen LogP contribution in [0.15, 0.2) is 41.9 Å². The second-order valence-electron chi connectivity index (χ2n) is 9.17. The Balaban J connectivity index is 2.11. The first kappa shape index (κ1) is 17.3. The molecular formula is C23H26N2S. The van der Waals surface area contributed by atoms with Crippen LogP contribution in [0, 0.1) is 0 Å². The maximum absolute atomic E-state index is 4.59. The van der Waals surface area contributed by atoms with Crippen LogP contribution >= 0.6 is 11.3 Å². The molecule has 3 heteroatoms.